The fourth-order valence-corrected chi connectivity index (χ4v) is 2.81. The fourth-order valence-electron chi connectivity index (χ4n) is 2.81. The first-order valence-corrected chi connectivity index (χ1v) is 6.71. The molecule has 3 heteroatoms. The molecule has 0 N–H and O–H groups in total. The molecule has 3 heterocycles. The molecule has 0 aliphatic carbocycles. The second kappa shape index (κ2) is 4.75. The molecule has 0 spiro atoms. The van der Waals surface area contributed by atoms with Gasteiger partial charge in [0.1, 0.15) is 0 Å². The van der Waals surface area contributed by atoms with Crippen molar-refractivity contribution in [1.82, 2.24) is 0 Å². The van der Waals surface area contributed by atoms with Gasteiger partial charge in [-0.3, -0.25) is 0 Å². The lowest BCUT2D eigenvalue weighted by atomic mass is 9.82. The standard InChI is InChI=1S/C17H18O3/c1-4-14-5-7-15(8-6-14)17-18-10-16(11-19-17,12-20-17)9-13(2)3/h1,5-8H,2,9-12H2,3H3. The average Bonchev–Trinajstić information content (AvgIpc) is 2.48. The fraction of sp³-hybridized carbons (Fsp3) is 0.412. The Hall–Kier alpha value is -1.60. The predicted octanol–water partition coefficient (Wildman–Crippen LogP) is 2.81. The number of ether oxygens (including phenoxy) is 3. The Morgan fingerprint density at radius 2 is 1.75 bits per heavy atom. The Morgan fingerprint density at radius 3 is 2.20 bits per heavy atom. The number of fused-ring (bicyclic) bond motifs is 3. The molecule has 3 aliphatic heterocycles. The molecule has 3 fully saturated rings. The van der Waals surface area contributed by atoms with Crippen molar-refractivity contribution in [3.8, 4) is 12.3 Å². The van der Waals surface area contributed by atoms with Gasteiger partial charge in [0.15, 0.2) is 0 Å². The van der Waals surface area contributed by atoms with Gasteiger partial charge in [-0.1, -0.05) is 11.5 Å². The molecule has 0 radical (unpaired) electrons. The quantitative estimate of drug-likeness (QED) is 0.624. The highest BCUT2D eigenvalue weighted by Crippen LogP contribution is 2.46. The van der Waals surface area contributed by atoms with Crippen LogP contribution in [-0.2, 0) is 20.2 Å². The van der Waals surface area contributed by atoms with Crippen LogP contribution in [0, 0.1) is 17.8 Å². The molecule has 0 aromatic heterocycles. The highest BCUT2D eigenvalue weighted by molar-refractivity contribution is 5.35. The summed E-state index contributed by atoms with van der Waals surface area (Å²) >= 11 is 0. The first-order valence-electron chi connectivity index (χ1n) is 6.71. The van der Waals surface area contributed by atoms with E-state index in [1.807, 2.05) is 31.2 Å². The molecular weight excluding hydrogens is 252 g/mol. The first-order chi connectivity index (χ1) is 9.57. The van der Waals surface area contributed by atoms with Gasteiger partial charge < -0.3 is 14.2 Å². The molecule has 0 atom stereocenters. The van der Waals surface area contributed by atoms with Gasteiger partial charge in [0.25, 0.3) is 0 Å². The smallest absolute Gasteiger partial charge is 0.312 e. The van der Waals surface area contributed by atoms with Gasteiger partial charge in [-0.05, 0) is 37.6 Å². The van der Waals surface area contributed by atoms with Crippen LogP contribution < -0.4 is 0 Å². The van der Waals surface area contributed by atoms with E-state index in [2.05, 4.69) is 12.5 Å². The van der Waals surface area contributed by atoms with E-state index in [9.17, 15) is 0 Å². The van der Waals surface area contributed by atoms with Crippen LogP contribution in [-0.4, -0.2) is 19.8 Å². The Balaban J connectivity index is 1.80. The second-order valence-corrected chi connectivity index (χ2v) is 5.78. The lowest BCUT2D eigenvalue weighted by Gasteiger charge is -2.52. The van der Waals surface area contributed by atoms with Crippen molar-refractivity contribution in [2.45, 2.75) is 19.3 Å². The maximum absolute atomic E-state index is 5.89. The number of benzene rings is 1. The number of allylic oxidation sites excluding steroid dienone is 1. The summed E-state index contributed by atoms with van der Waals surface area (Å²) in [6.07, 6.45) is 6.22. The molecule has 3 aliphatic rings. The van der Waals surface area contributed by atoms with Crippen LogP contribution in [0.15, 0.2) is 36.4 Å². The zero-order valence-electron chi connectivity index (χ0n) is 11.6. The second-order valence-electron chi connectivity index (χ2n) is 5.78. The van der Waals surface area contributed by atoms with Crippen LogP contribution in [0.4, 0.5) is 0 Å². The highest BCUT2D eigenvalue weighted by atomic mass is 16.9. The Bertz CT molecular complexity index is 540. The van der Waals surface area contributed by atoms with Crippen molar-refractivity contribution in [3.63, 3.8) is 0 Å². The van der Waals surface area contributed by atoms with Gasteiger partial charge in [-0.15, -0.1) is 13.0 Å². The van der Waals surface area contributed by atoms with E-state index < -0.39 is 5.97 Å². The van der Waals surface area contributed by atoms with Crippen molar-refractivity contribution in [2.75, 3.05) is 19.8 Å². The summed E-state index contributed by atoms with van der Waals surface area (Å²) < 4.78 is 17.7. The molecule has 1 aromatic rings. The molecular formula is C17H18O3. The molecule has 0 amide bonds. The minimum absolute atomic E-state index is 0.0909. The third-order valence-electron chi connectivity index (χ3n) is 3.79. The van der Waals surface area contributed by atoms with Crippen LogP contribution in [0.3, 0.4) is 0 Å². The molecule has 1 aromatic carbocycles. The van der Waals surface area contributed by atoms with Gasteiger partial charge in [0, 0.05) is 16.5 Å². The summed E-state index contributed by atoms with van der Waals surface area (Å²) in [5.41, 5.74) is 2.70. The largest absolute Gasteiger partial charge is 0.323 e. The normalized spacial score (nSPS) is 31.8. The molecule has 0 saturated carbocycles. The average molecular weight is 270 g/mol. The van der Waals surface area contributed by atoms with Gasteiger partial charge in [0.05, 0.1) is 19.8 Å². The van der Waals surface area contributed by atoms with Crippen molar-refractivity contribution in [2.24, 2.45) is 5.41 Å². The number of terminal acetylenes is 1. The Labute approximate surface area is 119 Å². The maximum atomic E-state index is 5.89. The predicted molar refractivity (Wildman–Crippen MR) is 75.8 cm³/mol. The topological polar surface area (TPSA) is 27.7 Å². The summed E-state index contributed by atoms with van der Waals surface area (Å²) in [4.78, 5) is 0. The Morgan fingerprint density at radius 1 is 1.20 bits per heavy atom. The maximum Gasteiger partial charge on any atom is 0.312 e. The lowest BCUT2D eigenvalue weighted by molar-refractivity contribution is -0.479. The van der Waals surface area contributed by atoms with E-state index in [0.29, 0.717) is 19.8 Å². The van der Waals surface area contributed by atoms with Crippen LogP contribution in [0.2, 0.25) is 0 Å². The lowest BCUT2D eigenvalue weighted by Crippen LogP contribution is -2.58. The zero-order valence-corrected chi connectivity index (χ0v) is 11.6. The molecule has 2 bridgehead atoms. The van der Waals surface area contributed by atoms with Crippen molar-refractivity contribution in [3.05, 3.63) is 47.5 Å². The third kappa shape index (κ3) is 2.16. The first kappa shape index (κ1) is 13.4. The monoisotopic (exact) mass is 270 g/mol. The number of hydrogen-bond acceptors (Lipinski definition) is 3. The van der Waals surface area contributed by atoms with Crippen LogP contribution in [0.1, 0.15) is 24.5 Å². The molecule has 4 rings (SSSR count). The van der Waals surface area contributed by atoms with E-state index in [1.165, 1.54) is 0 Å². The van der Waals surface area contributed by atoms with Gasteiger partial charge in [-0.25, -0.2) is 0 Å². The van der Waals surface area contributed by atoms with Gasteiger partial charge in [0.2, 0.25) is 0 Å². The zero-order chi connectivity index (χ0) is 14.2. The van der Waals surface area contributed by atoms with Gasteiger partial charge in [-0.2, -0.15) is 0 Å². The molecule has 0 unspecified atom stereocenters. The van der Waals surface area contributed by atoms with Crippen LogP contribution in [0.5, 0.6) is 0 Å². The van der Waals surface area contributed by atoms with Crippen molar-refractivity contribution < 1.29 is 14.2 Å². The summed E-state index contributed by atoms with van der Waals surface area (Å²) in [7, 11) is 0. The summed E-state index contributed by atoms with van der Waals surface area (Å²) in [6.45, 7) is 7.85. The van der Waals surface area contributed by atoms with E-state index >= 15 is 0 Å². The van der Waals surface area contributed by atoms with E-state index in [0.717, 1.165) is 23.1 Å². The van der Waals surface area contributed by atoms with Crippen LogP contribution >= 0.6 is 0 Å². The summed E-state index contributed by atoms with van der Waals surface area (Å²) in [6, 6.07) is 7.52. The molecule has 104 valence electrons. The van der Waals surface area contributed by atoms with E-state index in [-0.39, 0.29) is 5.41 Å². The third-order valence-corrected chi connectivity index (χ3v) is 3.79. The SMILES string of the molecule is C#Cc1ccc(C23OCC(CC(=C)C)(CO2)CO3)cc1. The van der Waals surface area contributed by atoms with Crippen LogP contribution in [0.25, 0.3) is 0 Å². The molecule has 20 heavy (non-hydrogen) atoms. The van der Waals surface area contributed by atoms with E-state index in [4.69, 9.17) is 20.6 Å². The van der Waals surface area contributed by atoms with Crippen molar-refractivity contribution in [1.29, 1.82) is 0 Å². The Kier molecular flexibility index (Phi) is 3.18. The van der Waals surface area contributed by atoms with Gasteiger partial charge >= 0.3 is 5.97 Å². The minimum Gasteiger partial charge on any atom is -0.323 e. The number of rotatable bonds is 3. The highest BCUT2D eigenvalue weighted by Gasteiger charge is 2.53. The van der Waals surface area contributed by atoms with E-state index in [1.54, 1.807) is 0 Å². The summed E-state index contributed by atoms with van der Waals surface area (Å²) in [5, 5.41) is 0. The summed E-state index contributed by atoms with van der Waals surface area (Å²) in [5.74, 6) is 1.53. The minimum atomic E-state index is -1.07. The molecule has 3 saturated heterocycles. The number of hydrogen-bond donors (Lipinski definition) is 0. The molecule has 3 nitrogen and oxygen atoms in total. The van der Waals surface area contributed by atoms with Crippen molar-refractivity contribution >= 4 is 0 Å².